The Morgan fingerprint density at radius 3 is 2.86 bits per heavy atom. The van der Waals surface area contributed by atoms with Crippen molar-refractivity contribution < 1.29 is 4.84 Å². The minimum Gasteiger partial charge on any atom is -0.375 e. The summed E-state index contributed by atoms with van der Waals surface area (Å²) in [5.74, 6) is 0. The Morgan fingerprint density at radius 2 is 2.71 bits per heavy atom. The molecule has 1 rings (SSSR count). The summed E-state index contributed by atoms with van der Waals surface area (Å²) in [6, 6.07) is 0. The molecule has 7 heavy (non-hydrogen) atoms. The molecule has 1 atom stereocenters. The highest BCUT2D eigenvalue weighted by Gasteiger charge is 2.12. The standard InChI is InChI=1S/C3H5ClN2O/c4-2-1-3(5)7-6-2/h3H,1,5H2. The minimum absolute atomic E-state index is 0.313. The van der Waals surface area contributed by atoms with Crippen molar-refractivity contribution in [2.45, 2.75) is 12.6 Å². The van der Waals surface area contributed by atoms with E-state index >= 15 is 0 Å². The molecule has 0 bridgehead atoms. The molecule has 0 radical (unpaired) electrons. The van der Waals surface area contributed by atoms with Gasteiger partial charge in [-0.2, -0.15) is 0 Å². The summed E-state index contributed by atoms with van der Waals surface area (Å²) in [4.78, 5) is 4.50. The normalized spacial score (nSPS) is 29.4. The van der Waals surface area contributed by atoms with Gasteiger partial charge in [-0.3, -0.25) is 5.73 Å². The van der Waals surface area contributed by atoms with Crippen molar-refractivity contribution in [3.05, 3.63) is 0 Å². The maximum atomic E-state index is 5.35. The van der Waals surface area contributed by atoms with Gasteiger partial charge in [0.15, 0.2) is 11.4 Å². The van der Waals surface area contributed by atoms with Gasteiger partial charge in [-0.15, -0.1) is 0 Å². The molecule has 4 heteroatoms. The summed E-state index contributed by atoms with van der Waals surface area (Å²) >= 11 is 5.35. The topological polar surface area (TPSA) is 47.6 Å². The van der Waals surface area contributed by atoms with Gasteiger partial charge in [0.1, 0.15) is 0 Å². The van der Waals surface area contributed by atoms with Gasteiger partial charge >= 0.3 is 0 Å². The average Bonchev–Trinajstić information content (AvgIpc) is 1.87. The summed E-state index contributed by atoms with van der Waals surface area (Å²) in [5, 5.41) is 3.83. The zero-order chi connectivity index (χ0) is 5.28. The van der Waals surface area contributed by atoms with Crippen LogP contribution in [-0.2, 0) is 4.84 Å². The molecule has 0 aromatic carbocycles. The molecule has 0 aromatic heterocycles. The monoisotopic (exact) mass is 120 g/mol. The van der Waals surface area contributed by atoms with Crippen molar-refractivity contribution in [3.8, 4) is 0 Å². The van der Waals surface area contributed by atoms with Crippen LogP contribution in [0.1, 0.15) is 6.42 Å². The van der Waals surface area contributed by atoms with E-state index in [4.69, 9.17) is 17.3 Å². The highest BCUT2D eigenvalue weighted by molar-refractivity contribution is 6.65. The number of nitrogens with two attached hydrogens (primary N) is 1. The Bertz CT molecular complexity index is 103. The molecule has 0 saturated carbocycles. The predicted molar refractivity (Wildman–Crippen MR) is 27.0 cm³/mol. The molecule has 1 unspecified atom stereocenters. The molecule has 0 saturated heterocycles. The first kappa shape index (κ1) is 4.87. The maximum absolute atomic E-state index is 5.35. The van der Waals surface area contributed by atoms with Crippen LogP contribution in [0, 0.1) is 0 Å². The van der Waals surface area contributed by atoms with Gasteiger partial charge in [-0.25, -0.2) is 0 Å². The molecule has 1 heterocycles. The van der Waals surface area contributed by atoms with E-state index in [9.17, 15) is 0 Å². The fraction of sp³-hybridized carbons (Fsp3) is 0.667. The van der Waals surface area contributed by atoms with Crippen LogP contribution < -0.4 is 5.73 Å². The lowest BCUT2D eigenvalue weighted by Gasteiger charge is -1.93. The summed E-state index contributed by atoms with van der Waals surface area (Å²) < 4.78 is 0. The number of rotatable bonds is 0. The van der Waals surface area contributed by atoms with Crippen LogP contribution in [-0.4, -0.2) is 11.4 Å². The van der Waals surface area contributed by atoms with E-state index in [-0.39, 0.29) is 6.23 Å². The summed E-state index contributed by atoms with van der Waals surface area (Å²) in [6.45, 7) is 0. The van der Waals surface area contributed by atoms with E-state index in [0.717, 1.165) is 0 Å². The third kappa shape index (κ3) is 1.04. The maximum Gasteiger partial charge on any atom is 0.182 e. The van der Waals surface area contributed by atoms with Crippen LogP contribution in [0.5, 0.6) is 0 Å². The number of halogens is 1. The molecule has 2 N–H and O–H groups in total. The Balaban J connectivity index is 2.42. The third-order valence-corrected chi connectivity index (χ3v) is 0.880. The van der Waals surface area contributed by atoms with Crippen molar-refractivity contribution in [3.63, 3.8) is 0 Å². The SMILES string of the molecule is NC1CC(Cl)=NO1. The Kier molecular flexibility index (Phi) is 1.17. The zero-order valence-electron chi connectivity index (χ0n) is 3.60. The van der Waals surface area contributed by atoms with Crippen molar-refractivity contribution >= 4 is 16.8 Å². The molecule has 0 aliphatic carbocycles. The van der Waals surface area contributed by atoms with Crippen molar-refractivity contribution in [1.29, 1.82) is 0 Å². The van der Waals surface area contributed by atoms with Crippen LogP contribution >= 0.6 is 11.6 Å². The molecule has 40 valence electrons. The predicted octanol–water partition coefficient (Wildman–Crippen LogP) is 0.244. The van der Waals surface area contributed by atoms with Crippen LogP contribution in [0.25, 0.3) is 0 Å². The van der Waals surface area contributed by atoms with E-state index in [1.54, 1.807) is 0 Å². The quantitative estimate of drug-likeness (QED) is 0.498. The summed E-state index contributed by atoms with van der Waals surface area (Å²) in [7, 11) is 0. The van der Waals surface area contributed by atoms with Gasteiger partial charge in [-0.1, -0.05) is 16.8 Å². The molecule has 0 aromatic rings. The molecule has 1 aliphatic rings. The second kappa shape index (κ2) is 1.68. The first-order valence-electron chi connectivity index (χ1n) is 1.93. The fourth-order valence-corrected chi connectivity index (χ4v) is 0.557. The number of oxime groups is 1. The van der Waals surface area contributed by atoms with Crippen molar-refractivity contribution in [1.82, 2.24) is 0 Å². The molecule has 3 nitrogen and oxygen atoms in total. The fourth-order valence-electron chi connectivity index (χ4n) is 0.365. The third-order valence-electron chi connectivity index (χ3n) is 0.657. The van der Waals surface area contributed by atoms with Crippen LogP contribution in [0.2, 0.25) is 0 Å². The molecule has 1 aliphatic heterocycles. The number of hydrogen-bond donors (Lipinski definition) is 1. The lowest BCUT2D eigenvalue weighted by Crippen LogP contribution is -2.17. The van der Waals surface area contributed by atoms with Gasteiger partial charge in [0.25, 0.3) is 0 Å². The first-order valence-corrected chi connectivity index (χ1v) is 2.30. The van der Waals surface area contributed by atoms with E-state index in [1.165, 1.54) is 0 Å². The summed E-state index contributed by atoms with van der Waals surface area (Å²) in [6.07, 6.45) is 0.231. The van der Waals surface area contributed by atoms with E-state index in [0.29, 0.717) is 11.6 Å². The second-order valence-electron chi connectivity index (χ2n) is 1.32. The number of hydrogen-bond acceptors (Lipinski definition) is 3. The molecule has 0 fully saturated rings. The Labute approximate surface area is 46.1 Å². The van der Waals surface area contributed by atoms with Crippen LogP contribution in [0.3, 0.4) is 0 Å². The highest BCUT2D eigenvalue weighted by Crippen LogP contribution is 2.06. The lowest BCUT2D eigenvalue weighted by atomic mass is 10.4. The Hall–Kier alpha value is -0.280. The molecular weight excluding hydrogens is 115 g/mol. The van der Waals surface area contributed by atoms with Gasteiger partial charge < -0.3 is 4.84 Å². The van der Waals surface area contributed by atoms with Crippen LogP contribution in [0.4, 0.5) is 0 Å². The van der Waals surface area contributed by atoms with Gasteiger partial charge in [0, 0.05) is 0 Å². The second-order valence-corrected chi connectivity index (χ2v) is 1.75. The smallest absolute Gasteiger partial charge is 0.182 e. The first-order chi connectivity index (χ1) is 3.29. The van der Waals surface area contributed by atoms with Gasteiger partial charge in [0.05, 0.1) is 6.42 Å². The van der Waals surface area contributed by atoms with Gasteiger partial charge in [-0.05, 0) is 0 Å². The summed E-state index contributed by atoms with van der Waals surface area (Å²) in [5.41, 5.74) is 5.20. The van der Waals surface area contributed by atoms with Crippen molar-refractivity contribution in [2.75, 3.05) is 0 Å². The van der Waals surface area contributed by atoms with Gasteiger partial charge in [0.2, 0.25) is 0 Å². The minimum atomic E-state index is -0.313. The zero-order valence-corrected chi connectivity index (χ0v) is 4.35. The molecule has 0 spiro atoms. The van der Waals surface area contributed by atoms with E-state index in [2.05, 4.69) is 9.99 Å². The molecule has 0 amide bonds. The molecular formula is C3H5ClN2O. The largest absolute Gasteiger partial charge is 0.375 e. The lowest BCUT2D eigenvalue weighted by molar-refractivity contribution is 0.0907. The van der Waals surface area contributed by atoms with Crippen molar-refractivity contribution in [2.24, 2.45) is 10.9 Å². The number of nitrogens with zero attached hydrogens (tertiary/aromatic N) is 1. The highest BCUT2D eigenvalue weighted by atomic mass is 35.5. The average molecular weight is 121 g/mol. The Morgan fingerprint density at radius 1 is 2.00 bits per heavy atom. The van der Waals surface area contributed by atoms with E-state index in [1.807, 2.05) is 0 Å². The van der Waals surface area contributed by atoms with E-state index < -0.39 is 0 Å². The van der Waals surface area contributed by atoms with Crippen LogP contribution in [0.15, 0.2) is 5.16 Å².